The maximum absolute atomic E-state index is 10.4. The summed E-state index contributed by atoms with van der Waals surface area (Å²) in [5, 5.41) is 3.79. The van der Waals surface area contributed by atoms with Crippen molar-refractivity contribution in [2.45, 2.75) is 20.8 Å². The van der Waals surface area contributed by atoms with E-state index in [9.17, 15) is 4.79 Å². The van der Waals surface area contributed by atoms with Gasteiger partial charge in [-0.1, -0.05) is 18.2 Å². The Morgan fingerprint density at radius 3 is 2.50 bits per heavy atom. The van der Waals surface area contributed by atoms with Gasteiger partial charge in [0.1, 0.15) is 0 Å². The summed E-state index contributed by atoms with van der Waals surface area (Å²) in [7, 11) is 0. The van der Waals surface area contributed by atoms with Crippen LogP contribution < -0.4 is 5.43 Å². The predicted molar refractivity (Wildman–Crippen MR) is 50.9 cm³/mol. The van der Waals surface area contributed by atoms with Crippen LogP contribution in [-0.2, 0) is 4.79 Å². The van der Waals surface area contributed by atoms with Crippen LogP contribution >= 0.6 is 0 Å². The lowest BCUT2D eigenvalue weighted by molar-refractivity contribution is -0.118. The van der Waals surface area contributed by atoms with E-state index in [1.165, 1.54) is 6.92 Å². The highest BCUT2D eigenvalue weighted by molar-refractivity contribution is 5.93. The van der Waals surface area contributed by atoms with Gasteiger partial charge in [-0.3, -0.25) is 4.79 Å². The van der Waals surface area contributed by atoms with Crippen LogP contribution in [0.5, 0.6) is 0 Å². The molecule has 1 N–H and O–H groups in total. The SMILES string of the molecule is C\C=C/C=C\C(C)=N\NC(C)=O. The van der Waals surface area contributed by atoms with Crippen molar-refractivity contribution in [3.63, 3.8) is 0 Å². The maximum Gasteiger partial charge on any atom is 0.236 e. The van der Waals surface area contributed by atoms with Crippen molar-refractivity contribution in [1.82, 2.24) is 5.43 Å². The Morgan fingerprint density at radius 1 is 1.33 bits per heavy atom. The Hall–Kier alpha value is -1.38. The molecule has 0 aliphatic heterocycles. The number of nitrogens with one attached hydrogen (secondary N) is 1. The second-order valence-electron chi connectivity index (χ2n) is 2.31. The number of hydrazone groups is 1. The van der Waals surface area contributed by atoms with Crippen molar-refractivity contribution < 1.29 is 4.79 Å². The number of carbonyl (C=O) groups is 1. The van der Waals surface area contributed by atoms with E-state index in [2.05, 4.69) is 10.5 Å². The minimum absolute atomic E-state index is 0.159. The summed E-state index contributed by atoms with van der Waals surface area (Å²) in [6.45, 7) is 5.17. The molecule has 0 bridgehead atoms. The van der Waals surface area contributed by atoms with Crippen LogP contribution in [0.15, 0.2) is 29.4 Å². The topological polar surface area (TPSA) is 41.5 Å². The first-order valence-electron chi connectivity index (χ1n) is 3.77. The molecule has 0 rings (SSSR count). The molecule has 0 saturated heterocycles. The average Bonchev–Trinajstić information content (AvgIpc) is 2.01. The molecule has 0 aliphatic rings. The lowest BCUT2D eigenvalue weighted by Crippen LogP contribution is -2.13. The number of carbonyl (C=O) groups excluding carboxylic acids is 1. The van der Waals surface area contributed by atoms with Crippen molar-refractivity contribution in [2.75, 3.05) is 0 Å². The van der Waals surface area contributed by atoms with Gasteiger partial charge in [-0.05, 0) is 19.9 Å². The highest BCUT2D eigenvalue weighted by Crippen LogP contribution is 1.81. The van der Waals surface area contributed by atoms with Crippen molar-refractivity contribution in [3.8, 4) is 0 Å². The lowest BCUT2D eigenvalue weighted by atomic mass is 10.3. The van der Waals surface area contributed by atoms with E-state index < -0.39 is 0 Å². The third-order valence-corrected chi connectivity index (χ3v) is 1.03. The summed E-state index contributed by atoms with van der Waals surface area (Å²) in [5.74, 6) is -0.159. The number of amides is 1. The van der Waals surface area contributed by atoms with Gasteiger partial charge in [0, 0.05) is 6.92 Å². The molecule has 0 aromatic carbocycles. The first-order chi connectivity index (χ1) is 5.66. The van der Waals surface area contributed by atoms with Crippen molar-refractivity contribution in [3.05, 3.63) is 24.3 Å². The standard InChI is InChI=1S/C9H14N2O/c1-4-5-6-7-8(2)10-11-9(3)12/h4-7H,1-3H3,(H,11,12)/b5-4-,7-6-,10-8+. The molecule has 0 saturated carbocycles. The second kappa shape index (κ2) is 6.34. The molecule has 0 unspecified atom stereocenters. The molecular weight excluding hydrogens is 152 g/mol. The number of nitrogens with zero attached hydrogens (tertiary/aromatic N) is 1. The van der Waals surface area contributed by atoms with Crippen LogP contribution in [-0.4, -0.2) is 11.6 Å². The highest BCUT2D eigenvalue weighted by atomic mass is 16.2. The van der Waals surface area contributed by atoms with E-state index in [0.29, 0.717) is 0 Å². The Kier molecular flexibility index (Phi) is 5.61. The van der Waals surface area contributed by atoms with E-state index in [1.54, 1.807) is 0 Å². The molecule has 3 nitrogen and oxygen atoms in total. The van der Waals surface area contributed by atoms with Gasteiger partial charge in [0.05, 0.1) is 5.71 Å². The molecular formula is C9H14N2O. The van der Waals surface area contributed by atoms with Crippen molar-refractivity contribution >= 4 is 11.6 Å². The Balaban J connectivity index is 3.93. The predicted octanol–water partition coefficient (Wildman–Crippen LogP) is 1.63. The largest absolute Gasteiger partial charge is 0.274 e. The molecule has 0 atom stereocenters. The van der Waals surface area contributed by atoms with Crippen LogP contribution in [0.4, 0.5) is 0 Å². The molecule has 0 aromatic rings. The minimum Gasteiger partial charge on any atom is -0.274 e. The maximum atomic E-state index is 10.4. The molecule has 12 heavy (non-hydrogen) atoms. The van der Waals surface area contributed by atoms with Gasteiger partial charge in [-0.25, -0.2) is 5.43 Å². The summed E-state index contributed by atoms with van der Waals surface area (Å²) in [5.41, 5.74) is 3.11. The van der Waals surface area contributed by atoms with Gasteiger partial charge >= 0.3 is 0 Å². The summed E-state index contributed by atoms with van der Waals surface area (Å²) in [6.07, 6.45) is 7.49. The van der Waals surface area contributed by atoms with Gasteiger partial charge in [0.2, 0.25) is 5.91 Å². The zero-order valence-electron chi connectivity index (χ0n) is 7.66. The Labute approximate surface area is 72.9 Å². The fourth-order valence-electron chi connectivity index (χ4n) is 0.510. The van der Waals surface area contributed by atoms with E-state index in [-0.39, 0.29) is 5.91 Å². The summed E-state index contributed by atoms with van der Waals surface area (Å²) in [4.78, 5) is 10.4. The molecule has 0 spiro atoms. The third kappa shape index (κ3) is 6.74. The number of hydrogen-bond acceptors (Lipinski definition) is 2. The molecule has 0 radical (unpaired) electrons. The number of hydrogen-bond donors (Lipinski definition) is 1. The quantitative estimate of drug-likeness (QED) is 0.386. The molecule has 0 heterocycles. The molecule has 0 aromatic heterocycles. The summed E-state index contributed by atoms with van der Waals surface area (Å²) >= 11 is 0. The second-order valence-corrected chi connectivity index (χ2v) is 2.31. The third-order valence-electron chi connectivity index (χ3n) is 1.03. The first kappa shape index (κ1) is 10.6. The van der Waals surface area contributed by atoms with Crippen molar-refractivity contribution in [1.29, 1.82) is 0 Å². The van der Waals surface area contributed by atoms with Crippen LogP contribution in [0.2, 0.25) is 0 Å². The number of rotatable bonds is 3. The Bertz CT molecular complexity index is 227. The lowest BCUT2D eigenvalue weighted by Gasteiger charge is -1.92. The van der Waals surface area contributed by atoms with Crippen LogP contribution in [0.25, 0.3) is 0 Å². The minimum atomic E-state index is -0.159. The zero-order valence-corrected chi connectivity index (χ0v) is 7.66. The zero-order chi connectivity index (χ0) is 9.40. The number of allylic oxidation sites excluding steroid dienone is 4. The van der Waals surface area contributed by atoms with E-state index in [4.69, 9.17) is 0 Å². The molecule has 66 valence electrons. The summed E-state index contributed by atoms with van der Waals surface area (Å²) < 4.78 is 0. The fraction of sp³-hybridized carbons (Fsp3) is 0.333. The van der Waals surface area contributed by atoms with E-state index in [0.717, 1.165) is 5.71 Å². The van der Waals surface area contributed by atoms with Gasteiger partial charge in [0.15, 0.2) is 0 Å². The smallest absolute Gasteiger partial charge is 0.236 e. The van der Waals surface area contributed by atoms with Crippen LogP contribution in [0.1, 0.15) is 20.8 Å². The van der Waals surface area contributed by atoms with Gasteiger partial charge < -0.3 is 0 Å². The fourth-order valence-corrected chi connectivity index (χ4v) is 0.510. The van der Waals surface area contributed by atoms with Crippen molar-refractivity contribution in [2.24, 2.45) is 5.10 Å². The van der Waals surface area contributed by atoms with E-state index >= 15 is 0 Å². The van der Waals surface area contributed by atoms with Gasteiger partial charge in [0.25, 0.3) is 0 Å². The van der Waals surface area contributed by atoms with Crippen LogP contribution in [0.3, 0.4) is 0 Å². The summed E-state index contributed by atoms with van der Waals surface area (Å²) in [6, 6.07) is 0. The normalized spacial score (nSPS) is 12.8. The monoisotopic (exact) mass is 166 g/mol. The molecule has 3 heteroatoms. The van der Waals surface area contributed by atoms with E-state index in [1.807, 2.05) is 38.2 Å². The van der Waals surface area contributed by atoms with Crippen LogP contribution in [0, 0.1) is 0 Å². The molecule has 0 fully saturated rings. The average molecular weight is 166 g/mol. The molecule has 0 aliphatic carbocycles. The molecule has 1 amide bonds. The Morgan fingerprint density at radius 2 is 2.00 bits per heavy atom. The highest BCUT2D eigenvalue weighted by Gasteiger charge is 1.85. The van der Waals surface area contributed by atoms with Gasteiger partial charge in [-0.2, -0.15) is 5.10 Å². The first-order valence-corrected chi connectivity index (χ1v) is 3.77. The van der Waals surface area contributed by atoms with Gasteiger partial charge in [-0.15, -0.1) is 0 Å².